The van der Waals surface area contributed by atoms with Crippen molar-refractivity contribution in [3.05, 3.63) is 59.7 Å². The first kappa shape index (κ1) is 16.1. The highest BCUT2D eigenvalue weighted by Crippen LogP contribution is 2.21. The van der Waals surface area contributed by atoms with Gasteiger partial charge in [-0.15, -0.1) is 0 Å². The van der Waals surface area contributed by atoms with Crippen LogP contribution in [0.3, 0.4) is 0 Å². The molecule has 2 unspecified atom stereocenters. The van der Waals surface area contributed by atoms with Crippen molar-refractivity contribution in [2.75, 3.05) is 0 Å². The average molecular weight is 324 g/mol. The number of piperazine rings is 1. The summed E-state index contributed by atoms with van der Waals surface area (Å²) < 4.78 is 0. The molecule has 0 radical (unpaired) electrons. The van der Waals surface area contributed by atoms with Crippen LogP contribution in [0, 0.1) is 0 Å². The van der Waals surface area contributed by atoms with E-state index < -0.39 is 12.1 Å². The molecule has 2 atom stereocenters. The summed E-state index contributed by atoms with van der Waals surface area (Å²) in [4.78, 5) is 32.9. The molecule has 1 saturated heterocycles. The van der Waals surface area contributed by atoms with Crippen molar-refractivity contribution in [3.63, 3.8) is 0 Å². The second-order valence-corrected chi connectivity index (χ2v) is 6.19. The minimum Gasteiger partial charge on any atom is -0.342 e. The van der Waals surface area contributed by atoms with Gasteiger partial charge in [-0.3, -0.25) is 9.59 Å². The minimum atomic E-state index is -0.661. The molecular formula is C18H20N4O2. The molecule has 0 saturated carbocycles. The Bertz CT molecular complexity index is 728. The van der Waals surface area contributed by atoms with E-state index in [9.17, 15) is 9.59 Å². The molecule has 2 N–H and O–H groups in total. The zero-order chi connectivity index (χ0) is 17.1. The molecule has 6 heteroatoms. The molecule has 6 nitrogen and oxygen atoms in total. The number of nitrogens with zero attached hydrogens (tertiary/aromatic N) is 2. The number of hydrogen-bond acceptors (Lipinski definition) is 4. The lowest BCUT2D eigenvalue weighted by atomic mass is 9.97. The summed E-state index contributed by atoms with van der Waals surface area (Å²) in [6, 6.07) is 8.16. The third-order valence-electron chi connectivity index (χ3n) is 4.12. The first-order valence-electron chi connectivity index (χ1n) is 8.01. The van der Waals surface area contributed by atoms with Crippen LogP contribution in [0.5, 0.6) is 0 Å². The molecule has 24 heavy (non-hydrogen) atoms. The molecule has 1 aromatic carbocycles. The molecular weight excluding hydrogens is 304 g/mol. The Hall–Kier alpha value is -2.76. The van der Waals surface area contributed by atoms with Gasteiger partial charge in [0.25, 0.3) is 0 Å². The third kappa shape index (κ3) is 3.42. The summed E-state index contributed by atoms with van der Waals surface area (Å²) in [5.74, 6) is 0.509. The number of carbonyl (C=O) groups is 2. The van der Waals surface area contributed by atoms with Crippen molar-refractivity contribution in [3.8, 4) is 0 Å². The molecule has 0 bridgehead atoms. The minimum absolute atomic E-state index is 0.215. The molecule has 0 spiro atoms. The van der Waals surface area contributed by atoms with Gasteiger partial charge < -0.3 is 10.6 Å². The molecule has 1 aromatic heterocycles. The highest BCUT2D eigenvalue weighted by Gasteiger charge is 2.34. The number of amides is 2. The number of carbonyl (C=O) groups excluding carboxylic acids is 2. The molecule has 2 aromatic rings. The monoisotopic (exact) mass is 324 g/mol. The number of nitrogens with one attached hydrogen (secondary N) is 2. The first-order valence-corrected chi connectivity index (χ1v) is 8.01. The van der Waals surface area contributed by atoms with Gasteiger partial charge in [-0.05, 0) is 23.1 Å². The normalized spacial score (nSPS) is 20.6. The van der Waals surface area contributed by atoms with Crippen molar-refractivity contribution >= 4 is 11.8 Å². The lowest BCUT2D eigenvalue weighted by Crippen LogP contribution is -2.58. The zero-order valence-electron chi connectivity index (χ0n) is 13.7. The molecule has 2 heterocycles. The van der Waals surface area contributed by atoms with E-state index in [4.69, 9.17) is 0 Å². The number of rotatable bonds is 4. The fraction of sp³-hybridized carbons (Fsp3) is 0.333. The lowest BCUT2D eigenvalue weighted by Gasteiger charge is -2.29. The Morgan fingerprint density at radius 2 is 1.67 bits per heavy atom. The molecule has 1 aliphatic heterocycles. The summed E-state index contributed by atoms with van der Waals surface area (Å²) in [6.07, 6.45) is 3.51. The zero-order valence-corrected chi connectivity index (χ0v) is 13.7. The summed E-state index contributed by atoms with van der Waals surface area (Å²) in [7, 11) is 0. The van der Waals surface area contributed by atoms with Crippen molar-refractivity contribution in [2.24, 2.45) is 0 Å². The van der Waals surface area contributed by atoms with Crippen LogP contribution in [0.15, 0.2) is 42.7 Å². The van der Waals surface area contributed by atoms with Gasteiger partial charge in [0.15, 0.2) is 0 Å². The third-order valence-corrected chi connectivity index (χ3v) is 4.12. The van der Waals surface area contributed by atoms with Crippen LogP contribution in [0.25, 0.3) is 0 Å². The van der Waals surface area contributed by atoms with Gasteiger partial charge in [0.1, 0.15) is 17.9 Å². The maximum Gasteiger partial charge on any atom is 0.247 e. The summed E-state index contributed by atoms with van der Waals surface area (Å²) >= 11 is 0. The van der Waals surface area contributed by atoms with E-state index in [2.05, 4.69) is 34.4 Å². The lowest BCUT2D eigenvalue weighted by molar-refractivity contribution is -0.137. The van der Waals surface area contributed by atoms with Crippen molar-refractivity contribution in [1.82, 2.24) is 20.6 Å². The van der Waals surface area contributed by atoms with E-state index in [0.717, 1.165) is 5.56 Å². The Morgan fingerprint density at radius 3 is 2.29 bits per heavy atom. The summed E-state index contributed by atoms with van der Waals surface area (Å²) in [5, 5.41) is 5.56. The topological polar surface area (TPSA) is 84.0 Å². The van der Waals surface area contributed by atoms with Gasteiger partial charge in [0.2, 0.25) is 11.8 Å². The van der Waals surface area contributed by atoms with Crippen LogP contribution in [0.1, 0.15) is 42.8 Å². The van der Waals surface area contributed by atoms with E-state index in [1.165, 1.54) is 5.56 Å². The van der Waals surface area contributed by atoms with Gasteiger partial charge in [-0.1, -0.05) is 38.1 Å². The molecule has 3 rings (SSSR count). The second kappa shape index (κ2) is 6.78. The van der Waals surface area contributed by atoms with E-state index >= 15 is 0 Å². The van der Waals surface area contributed by atoms with Crippen molar-refractivity contribution in [1.29, 1.82) is 0 Å². The van der Waals surface area contributed by atoms with Crippen molar-refractivity contribution in [2.45, 2.75) is 38.3 Å². The van der Waals surface area contributed by atoms with Gasteiger partial charge >= 0.3 is 0 Å². The predicted molar refractivity (Wildman–Crippen MR) is 89.1 cm³/mol. The van der Waals surface area contributed by atoms with Gasteiger partial charge in [-0.25, -0.2) is 9.97 Å². The average Bonchev–Trinajstić information content (AvgIpc) is 2.59. The van der Waals surface area contributed by atoms with Crippen LogP contribution in [0.4, 0.5) is 0 Å². The number of hydrogen-bond donors (Lipinski definition) is 2. The van der Waals surface area contributed by atoms with Crippen LogP contribution in [-0.4, -0.2) is 27.8 Å². The van der Waals surface area contributed by atoms with Gasteiger partial charge in [0, 0.05) is 18.8 Å². The van der Waals surface area contributed by atoms with Crippen molar-refractivity contribution < 1.29 is 9.59 Å². The Morgan fingerprint density at radius 1 is 1.00 bits per heavy atom. The Kier molecular flexibility index (Phi) is 4.55. The summed E-state index contributed by atoms with van der Waals surface area (Å²) in [5.41, 5.74) is 1.97. The number of aromatic nitrogens is 2. The van der Waals surface area contributed by atoms with Crippen LogP contribution in [0.2, 0.25) is 0 Å². The van der Waals surface area contributed by atoms with Gasteiger partial charge in [-0.2, -0.15) is 0 Å². The van der Waals surface area contributed by atoms with E-state index in [0.29, 0.717) is 11.7 Å². The standard InChI is InChI=1S/C18H20N4O2/c1-11(2)12-4-6-13(7-5-12)16-18(24)21-14(17(23)22-16)10-15-19-8-3-9-20-15/h3-9,11,14,16H,10H2,1-2H3,(H,21,24)(H,22,23). The first-order chi connectivity index (χ1) is 11.5. The van der Waals surface area contributed by atoms with Crippen LogP contribution < -0.4 is 10.6 Å². The van der Waals surface area contributed by atoms with Crippen LogP contribution >= 0.6 is 0 Å². The number of benzene rings is 1. The highest BCUT2D eigenvalue weighted by molar-refractivity contribution is 5.97. The van der Waals surface area contributed by atoms with Crippen LogP contribution in [-0.2, 0) is 16.0 Å². The fourth-order valence-corrected chi connectivity index (χ4v) is 2.70. The molecule has 124 valence electrons. The molecule has 0 aliphatic carbocycles. The fourth-order valence-electron chi connectivity index (χ4n) is 2.70. The maximum atomic E-state index is 12.4. The molecule has 1 aliphatic rings. The Labute approximate surface area is 140 Å². The van der Waals surface area contributed by atoms with Gasteiger partial charge in [0.05, 0.1) is 0 Å². The molecule has 2 amide bonds. The largest absolute Gasteiger partial charge is 0.342 e. The quantitative estimate of drug-likeness (QED) is 0.892. The van der Waals surface area contributed by atoms with E-state index in [1.54, 1.807) is 18.5 Å². The predicted octanol–water partition coefficient (Wildman–Crippen LogP) is 1.50. The highest BCUT2D eigenvalue weighted by atomic mass is 16.2. The van der Waals surface area contributed by atoms with E-state index in [-0.39, 0.29) is 18.2 Å². The molecule has 1 fully saturated rings. The second-order valence-electron chi connectivity index (χ2n) is 6.19. The smallest absolute Gasteiger partial charge is 0.247 e. The Balaban J connectivity index is 1.71. The summed E-state index contributed by atoms with van der Waals surface area (Å²) in [6.45, 7) is 4.22. The van der Waals surface area contributed by atoms with E-state index in [1.807, 2.05) is 24.3 Å². The SMILES string of the molecule is CC(C)c1ccc(C2NC(=O)C(Cc3ncccn3)NC2=O)cc1. The maximum absolute atomic E-state index is 12.4.